The maximum Gasteiger partial charge on any atom is 0.262 e. The summed E-state index contributed by atoms with van der Waals surface area (Å²) in [5, 5.41) is 20.9. The second kappa shape index (κ2) is 9.62. The Labute approximate surface area is 217 Å². The molecule has 0 amide bonds. The van der Waals surface area contributed by atoms with Crippen molar-refractivity contribution in [3.05, 3.63) is 102 Å². The van der Waals surface area contributed by atoms with Crippen LogP contribution in [0.2, 0.25) is 0 Å². The number of aliphatic hydroxyl groups is 1. The number of halogens is 2. The van der Waals surface area contributed by atoms with Crippen LogP contribution in [0, 0.1) is 18.6 Å². The standard InChI is InChI=1S/C26H24F2N6O3S/c1-17-5-3-4-6-25(17)38(36,37)32-21-8-10-24-19(11-21)13-30-34(24)18(2)26(35,14-33-16-29-15-31-33)22-9-7-20(27)12-23(22)28/h3-13,15-16,18,32,35H,14H2,1-2H3. The van der Waals surface area contributed by atoms with Gasteiger partial charge >= 0.3 is 0 Å². The van der Waals surface area contributed by atoms with Gasteiger partial charge in [0.2, 0.25) is 0 Å². The second-order valence-corrected chi connectivity index (χ2v) is 10.7. The van der Waals surface area contributed by atoms with E-state index >= 15 is 0 Å². The van der Waals surface area contributed by atoms with Crippen molar-refractivity contribution in [3.63, 3.8) is 0 Å². The Hall–Kier alpha value is -4.16. The zero-order valence-corrected chi connectivity index (χ0v) is 21.3. The number of fused-ring (bicyclic) bond motifs is 1. The van der Waals surface area contributed by atoms with Gasteiger partial charge in [-0.25, -0.2) is 26.9 Å². The van der Waals surface area contributed by atoms with E-state index in [1.165, 1.54) is 40.3 Å². The highest BCUT2D eigenvalue weighted by molar-refractivity contribution is 7.92. The minimum Gasteiger partial charge on any atom is -0.381 e. The van der Waals surface area contributed by atoms with Gasteiger partial charge in [-0.05, 0) is 49.7 Å². The minimum absolute atomic E-state index is 0.131. The van der Waals surface area contributed by atoms with Gasteiger partial charge in [-0.2, -0.15) is 10.2 Å². The van der Waals surface area contributed by atoms with E-state index in [9.17, 15) is 22.3 Å². The average molecular weight is 539 g/mol. The molecule has 5 aromatic rings. The predicted octanol–water partition coefficient (Wildman–Crippen LogP) is 4.16. The number of nitrogens with one attached hydrogen (secondary N) is 1. The summed E-state index contributed by atoms with van der Waals surface area (Å²) in [6, 6.07) is 13.6. The Balaban J connectivity index is 1.52. The molecule has 0 fully saturated rings. The summed E-state index contributed by atoms with van der Waals surface area (Å²) in [7, 11) is -3.82. The van der Waals surface area contributed by atoms with Crippen molar-refractivity contribution in [3.8, 4) is 0 Å². The maximum absolute atomic E-state index is 14.9. The van der Waals surface area contributed by atoms with E-state index in [1.54, 1.807) is 50.2 Å². The van der Waals surface area contributed by atoms with E-state index < -0.39 is 33.3 Å². The Morgan fingerprint density at radius 2 is 1.87 bits per heavy atom. The van der Waals surface area contributed by atoms with E-state index in [1.807, 2.05) is 0 Å². The van der Waals surface area contributed by atoms with Crippen LogP contribution < -0.4 is 4.72 Å². The fourth-order valence-corrected chi connectivity index (χ4v) is 5.84. The van der Waals surface area contributed by atoms with Crippen LogP contribution in [-0.4, -0.2) is 38.1 Å². The molecule has 9 nitrogen and oxygen atoms in total. The number of rotatable bonds is 8. The molecule has 196 valence electrons. The van der Waals surface area contributed by atoms with Crippen LogP contribution in [0.25, 0.3) is 10.9 Å². The van der Waals surface area contributed by atoms with Gasteiger partial charge in [0.1, 0.15) is 29.9 Å². The van der Waals surface area contributed by atoms with Crippen LogP contribution in [0.5, 0.6) is 0 Å². The summed E-state index contributed by atoms with van der Waals surface area (Å²) in [6.07, 6.45) is 4.19. The molecule has 0 saturated carbocycles. The van der Waals surface area contributed by atoms with Crippen molar-refractivity contribution >= 4 is 26.6 Å². The first-order chi connectivity index (χ1) is 18.1. The molecule has 2 atom stereocenters. The summed E-state index contributed by atoms with van der Waals surface area (Å²) in [4.78, 5) is 4.05. The second-order valence-electron chi connectivity index (χ2n) is 9.05. The van der Waals surface area contributed by atoms with Gasteiger partial charge in [-0.15, -0.1) is 0 Å². The quantitative estimate of drug-likeness (QED) is 0.307. The number of sulfonamides is 1. The van der Waals surface area contributed by atoms with Crippen LogP contribution in [0.15, 0.2) is 84.4 Å². The molecular weight excluding hydrogens is 514 g/mol. The Bertz CT molecular complexity index is 1720. The van der Waals surface area contributed by atoms with Crippen molar-refractivity contribution in [1.29, 1.82) is 0 Å². The normalized spacial score (nSPS) is 14.3. The molecule has 2 heterocycles. The van der Waals surface area contributed by atoms with Crippen LogP contribution in [0.4, 0.5) is 14.5 Å². The zero-order chi connectivity index (χ0) is 27.1. The van der Waals surface area contributed by atoms with Gasteiger partial charge in [0.25, 0.3) is 10.0 Å². The molecule has 0 bridgehead atoms. The SMILES string of the molecule is Cc1ccccc1S(=O)(=O)Nc1ccc2c(cnn2C(C)C(O)(Cn2cncn2)c2ccc(F)cc2F)c1. The number of benzene rings is 3. The van der Waals surface area contributed by atoms with Gasteiger partial charge in [0.05, 0.1) is 29.2 Å². The smallest absolute Gasteiger partial charge is 0.262 e. The van der Waals surface area contributed by atoms with Crippen LogP contribution in [-0.2, 0) is 22.2 Å². The third kappa shape index (κ3) is 4.63. The fourth-order valence-electron chi connectivity index (χ4n) is 4.54. The Morgan fingerprint density at radius 3 is 2.58 bits per heavy atom. The molecule has 0 radical (unpaired) electrons. The molecule has 3 aromatic carbocycles. The molecule has 2 unspecified atom stereocenters. The van der Waals surface area contributed by atoms with Gasteiger partial charge in [0.15, 0.2) is 0 Å². The van der Waals surface area contributed by atoms with Gasteiger partial charge < -0.3 is 5.11 Å². The lowest BCUT2D eigenvalue weighted by Crippen LogP contribution is -2.41. The van der Waals surface area contributed by atoms with E-state index in [0.29, 0.717) is 28.2 Å². The van der Waals surface area contributed by atoms with Crippen LogP contribution in [0.3, 0.4) is 0 Å². The molecule has 2 N–H and O–H groups in total. The van der Waals surface area contributed by atoms with Gasteiger partial charge in [-0.1, -0.05) is 24.3 Å². The predicted molar refractivity (Wildman–Crippen MR) is 137 cm³/mol. The fraction of sp³-hybridized carbons (Fsp3) is 0.192. The summed E-state index contributed by atoms with van der Waals surface area (Å²) in [5.74, 6) is -1.68. The molecule has 0 spiro atoms. The van der Waals surface area contributed by atoms with E-state index in [0.717, 1.165) is 6.07 Å². The van der Waals surface area contributed by atoms with Crippen LogP contribution >= 0.6 is 0 Å². The molecule has 0 aliphatic carbocycles. The minimum atomic E-state index is -3.82. The first-order valence-corrected chi connectivity index (χ1v) is 13.1. The summed E-state index contributed by atoms with van der Waals surface area (Å²) in [5.41, 5.74) is -0.530. The number of nitrogens with zero attached hydrogens (tertiary/aromatic N) is 5. The third-order valence-electron chi connectivity index (χ3n) is 6.56. The highest BCUT2D eigenvalue weighted by atomic mass is 32.2. The van der Waals surface area contributed by atoms with E-state index in [2.05, 4.69) is 19.9 Å². The zero-order valence-electron chi connectivity index (χ0n) is 20.5. The number of aryl methyl sites for hydroxylation is 1. The number of anilines is 1. The first kappa shape index (κ1) is 25.5. The highest BCUT2D eigenvalue weighted by Gasteiger charge is 2.41. The van der Waals surface area contributed by atoms with Gasteiger partial charge in [0, 0.05) is 22.7 Å². The molecule has 5 rings (SSSR count). The molecule has 38 heavy (non-hydrogen) atoms. The van der Waals surface area contributed by atoms with Crippen molar-refractivity contribution in [2.75, 3.05) is 4.72 Å². The van der Waals surface area contributed by atoms with Crippen molar-refractivity contribution in [2.45, 2.75) is 36.9 Å². The lowest BCUT2D eigenvalue weighted by atomic mass is 9.86. The maximum atomic E-state index is 14.9. The molecule has 12 heteroatoms. The van der Waals surface area contributed by atoms with Crippen LogP contribution in [0.1, 0.15) is 24.1 Å². The number of aromatic nitrogens is 5. The molecule has 0 saturated heterocycles. The number of hydrogen-bond acceptors (Lipinski definition) is 6. The molecule has 0 aliphatic rings. The van der Waals surface area contributed by atoms with Crippen molar-refractivity contribution < 1.29 is 22.3 Å². The van der Waals surface area contributed by atoms with Crippen molar-refractivity contribution in [1.82, 2.24) is 24.5 Å². The largest absolute Gasteiger partial charge is 0.381 e. The lowest BCUT2D eigenvalue weighted by molar-refractivity contribution is -0.0354. The van der Waals surface area contributed by atoms with Gasteiger partial charge in [-0.3, -0.25) is 9.40 Å². The molecule has 0 aliphatic heterocycles. The molecular formula is C26H24F2N6O3S. The summed E-state index contributed by atoms with van der Waals surface area (Å²) >= 11 is 0. The Morgan fingerprint density at radius 1 is 1.08 bits per heavy atom. The summed E-state index contributed by atoms with van der Waals surface area (Å²) in [6.45, 7) is 3.18. The third-order valence-corrected chi connectivity index (χ3v) is 8.10. The van der Waals surface area contributed by atoms with Crippen molar-refractivity contribution in [2.24, 2.45) is 0 Å². The Kier molecular flexibility index (Phi) is 6.45. The lowest BCUT2D eigenvalue weighted by Gasteiger charge is -2.35. The van der Waals surface area contributed by atoms with E-state index in [4.69, 9.17) is 0 Å². The highest BCUT2D eigenvalue weighted by Crippen LogP contribution is 2.38. The summed E-state index contributed by atoms with van der Waals surface area (Å²) < 4.78 is 59.9. The topological polar surface area (TPSA) is 115 Å². The average Bonchev–Trinajstić information content (AvgIpc) is 3.53. The van der Waals surface area contributed by atoms with E-state index in [-0.39, 0.29) is 17.0 Å². The first-order valence-electron chi connectivity index (χ1n) is 11.6. The monoisotopic (exact) mass is 538 g/mol. The number of hydrogen-bond donors (Lipinski definition) is 2. The molecule has 2 aromatic heterocycles.